The van der Waals surface area contributed by atoms with Crippen LogP contribution >= 0.6 is 11.6 Å². The van der Waals surface area contributed by atoms with Crippen molar-refractivity contribution in [3.63, 3.8) is 0 Å². The quantitative estimate of drug-likeness (QED) is 0.899. The molecule has 4 heteroatoms. The monoisotopic (exact) mass is 255 g/mol. The minimum Gasteiger partial charge on any atom is -0.490 e. The number of rotatable bonds is 4. The Hall–Kier alpha value is -0.770. The molecule has 0 saturated carbocycles. The van der Waals surface area contributed by atoms with E-state index in [1.807, 2.05) is 18.2 Å². The minimum absolute atomic E-state index is 0.251. The molecule has 1 aliphatic rings. The summed E-state index contributed by atoms with van der Waals surface area (Å²) in [4.78, 5) is 0. The number of hydrogen-bond acceptors (Lipinski definition) is 3. The van der Waals surface area contributed by atoms with Crippen LogP contribution in [0.25, 0.3) is 0 Å². The van der Waals surface area contributed by atoms with Crippen LogP contribution < -0.4 is 10.5 Å². The maximum atomic E-state index is 6.00. The second-order valence-electron chi connectivity index (χ2n) is 4.22. The molecule has 0 amide bonds. The fourth-order valence-corrected chi connectivity index (χ4v) is 2.18. The van der Waals surface area contributed by atoms with Crippen LogP contribution in [0.4, 0.5) is 0 Å². The molecule has 1 heterocycles. The molecule has 0 aromatic heterocycles. The van der Waals surface area contributed by atoms with Crippen LogP contribution in [0.1, 0.15) is 18.4 Å². The molecular formula is C13H18ClNO2. The van der Waals surface area contributed by atoms with E-state index in [-0.39, 0.29) is 6.10 Å². The Balaban J connectivity index is 2.07. The van der Waals surface area contributed by atoms with Crippen molar-refractivity contribution in [1.82, 2.24) is 0 Å². The van der Waals surface area contributed by atoms with Crippen molar-refractivity contribution in [3.8, 4) is 5.75 Å². The van der Waals surface area contributed by atoms with Crippen LogP contribution in [0.3, 0.4) is 0 Å². The van der Waals surface area contributed by atoms with Gasteiger partial charge in [0, 0.05) is 17.9 Å². The molecule has 3 nitrogen and oxygen atoms in total. The summed E-state index contributed by atoms with van der Waals surface area (Å²) in [5.74, 6) is 0.909. The van der Waals surface area contributed by atoms with Gasteiger partial charge in [0.25, 0.3) is 0 Å². The van der Waals surface area contributed by atoms with Gasteiger partial charge < -0.3 is 15.2 Å². The maximum absolute atomic E-state index is 6.00. The van der Waals surface area contributed by atoms with Crippen molar-refractivity contribution in [2.75, 3.05) is 19.8 Å². The lowest BCUT2D eigenvalue weighted by Gasteiger charge is -2.24. The third-order valence-corrected chi connectivity index (χ3v) is 3.13. The van der Waals surface area contributed by atoms with E-state index in [2.05, 4.69) is 0 Å². The molecule has 1 fully saturated rings. The van der Waals surface area contributed by atoms with Gasteiger partial charge in [0.2, 0.25) is 0 Å². The predicted molar refractivity (Wildman–Crippen MR) is 68.7 cm³/mol. The average Bonchev–Trinajstić information content (AvgIpc) is 2.34. The van der Waals surface area contributed by atoms with E-state index in [0.29, 0.717) is 6.54 Å². The fraction of sp³-hybridized carbons (Fsp3) is 0.538. The second kappa shape index (κ2) is 6.24. The zero-order valence-corrected chi connectivity index (χ0v) is 10.6. The van der Waals surface area contributed by atoms with E-state index in [0.717, 1.165) is 48.8 Å². The van der Waals surface area contributed by atoms with Gasteiger partial charge in [-0.1, -0.05) is 11.6 Å². The first kappa shape index (κ1) is 12.7. The number of benzene rings is 1. The van der Waals surface area contributed by atoms with Gasteiger partial charge >= 0.3 is 0 Å². The first-order chi connectivity index (χ1) is 8.29. The summed E-state index contributed by atoms with van der Waals surface area (Å²) in [6, 6.07) is 5.72. The van der Waals surface area contributed by atoms with Crippen molar-refractivity contribution in [2.45, 2.75) is 25.4 Å². The summed E-state index contributed by atoms with van der Waals surface area (Å²) in [6.07, 6.45) is 2.94. The SMILES string of the molecule is NCCc1cc(Cl)ccc1OC1CCOCC1. The summed E-state index contributed by atoms with van der Waals surface area (Å²) < 4.78 is 11.3. The molecule has 2 N–H and O–H groups in total. The number of hydrogen-bond donors (Lipinski definition) is 1. The third kappa shape index (κ3) is 3.60. The highest BCUT2D eigenvalue weighted by Crippen LogP contribution is 2.26. The van der Waals surface area contributed by atoms with E-state index in [9.17, 15) is 0 Å². The van der Waals surface area contributed by atoms with Gasteiger partial charge in [-0.15, -0.1) is 0 Å². The Bertz CT molecular complexity index is 364. The van der Waals surface area contributed by atoms with Crippen molar-refractivity contribution in [1.29, 1.82) is 0 Å². The molecule has 0 spiro atoms. The first-order valence-electron chi connectivity index (χ1n) is 6.02. The molecule has 1 saturated heterocycles. The Morgan fingerprint density at radius 3 is 2.82 bits per heavy atom. The maximum Gasteiger partial charge on any atom is 0.123 e. The van der Waals surface area contributed by atoms with E-state index in [4.69, 9.17) is 26.8 Å². The van der Waals surface area contributed by atoms with Crippen LogP contribution in [0, 0.1) is 0 Å². The Morgan fingerprint density at radius 1 is 1.35 bits per heavy atom. The van der Waals surface area contributed by atoms with Gasteiger partial charge in [-0.25, -0.2) is 0 Å². The van der Waals surface area contributed by atoms with Gasteiger partial charge in [0.15, 0.2) is 0 Å². The summed E-state index contributed by atoms with van der Waals surface area (Å²) >= 11 is 5.98. The lowest BCUT2D eigenvalue weighted by atomic mass is 10.1. The van der Waals surface area contributed by atoms with Gasteiger partial charge in [-0.05, 0) is 36.7 Å². The van der Waals surface area contributed by atoms with Gasteiger partial charge in [0.05, 0.1) is 13.2 Å². The van der Waals surface area contributed by atoms with E-state index >= 15 is 0 Å². The number of halogens is 1. The normalized spacial score (nSPS) is 17.1. The standard InChI is InChI=1S/C13H18ClNO2/c14-11-1-2-13(10(9-11)3-6-15)17-12-4-7-16-8-5-12/h1-2,9,12H,3-8,15H2. The molecule has 0 radical (unpaired) electrons. The summed E-state index contributed by atoms with van der Waals surface area (Å²) in [5, 5.41) is 0.729. The van der Waals surface area contributed by atoms with Gasteiger partial charge in [-0.2, -0.15) is 0 Å². The van der Waals surface area contributed by atoms with Crippen LogP contribution in [0.2, 0.25) is 5.02 Å². The summed E-state index contributed by atoms with van der Waals surface area (Å²) in [5.41, 5.74) is 6.68. The minimum atomic E-state index is 0.251. The van der Waals surface area contributed by atoms with Crippen molar-refractivity contribution in [2.24, 2.45) is 5.73 Å². The van der Waals surface area contributed by atoms with Crippen molar-refractivity contribution < 1.29 is 9.47 Å². The molecule has 0 bridgehead atoms. The van der Waals surface area contributed by atoms with Gasteiger partial charge in [-0.3, -0.25) is 0 Å². The summed E-state index contributed by atoms with van der Waals surface area (Å²) in [7, 11) is 0. The van der Waals surface area contributed by atoms with Crippen molar-refractivity contribution >= 4 is 11.6 Å². The first-order valence-corrected chi connectivity index (χ1v) is 6.40. The highest BCUT2D eigenvalue weighted by atomic mass is 35.5. The van der Waals surface area contributed by atoms with Crippen LogP contribution in [0.15, 0.2) is 18.2 Å². The Labute approximate surface area is 107 Å². The molecule has 1 aliphatic heterocycles. The Morgan fingerprint density at radius 2 is 2.12 bits per heavy atom. The molecule has 2 rings (SSSR count). The summed E-state index contributed by atoms with van der Waals surface area (Å²) in [6.45, 7) is 2.17. The predicted octanol–water partition coefficient (Wildman–Crippen LogP) is 2.40. The van der Waals surface area contributed by atoms with E-state index < -0.39 is 0 Å². The molecular weight excluding hydrogens is 238 g/mol. The molecule has 17 heavy (non-hydrogen) atoms. The molecule has 1 aromatic rings. The Kier molecular flexibility index (Phi) is 4.66. The highest BCUT2D eigenvalue weighted by Gasteiger charge is 2.16. The largest absolute Gasteiger partial charge is 0.490 e. The molecule has 0 aliphatic carbocycles. The van der Waals surface area contributed by atoms with E-state index in [1.165, 1.54) is 0 Å². The lowest BCUT2D eigenvalue weighted by molar-refractivity contribution is 0.0252. The van der Waals surface area contributed by atoms with Crippen LogP contribution in [-0.4, -0.2) is 25.9 Å². The lowest BCUT2D eigenvalue weighted by Crippen LogP contribution is -2.26. The van der Waals surface area contributed by atoms with Gasteiger partial charge in [0.1, 0.15) is 11.9 Å². The van der Waals surface area contributed by atoms with E-state index in [1.54, 1.807) is 0 Å². The average molecular weight is 256 g/mol. The molecule has 0 unspecified atom stereocenters. The topological polar surface area (TPSA) is 44.5 Å². The smallest absolute Gasteiger partial charge is 0.123 e. The highest BCUT2D eigenvalue weighted by molar-refractivity contribution is 6.30. The molecule has 94 valence electrons. The number of nitrogens with two attached hydrogens (primary N) is 1. The zero-order chi connectivity index (χ0) is 12.1. The molecule has 0 atom stereocenters. The van der Waals surface area contributed by atoms with Crippen LogP contribution in [-0.2, 0) is 11.2 Å². The van der Waals surface area contributed by atoms with Crippen LogP contribution in [0.5, 0.6) is 5.75 Å². The zero-order valence-electron chi connectivity index (χ0n) is 9.82. The fourth-order valence-electron chi connectivity index (χ4n) is 1.99. The third-order valence-electron chi connectivity index (χ3n) is 2.90. The van der Waals surface area contributed by atoms with Crippen molar-refractivity contribution in [3.05, 3.63) is 28.8 Å². The second-order valence-corrected chi connectivity index (χ2v) is 4.66. The number of ether oxygens (including phenoxy) is 2. The molecule has 1 aromatic carbocycles.